The first-order chi connectivity index (χ1) is 15.0. The van der Waals surface area contributed by atoms with Crippen LogP contribution in [0.3, 0.4) is 0 Å². The maximum Gasteiger partial charge on any atom is 0.339 e. The van der Waals surface area contributed by atoms with Crippen LogP contribution in [-0.4, -0.2) is 67.7 Å². The van der Waals surface area contributed by atoms with Gasteiger partial charge in [0.2, 0.25) is 5.91 Å². The highest BCUT2D eigenvalue weighted by atomic mass is 16.5. The molecule has 1 saturated heterocycles. The maximum absolute atomic E-state index is 12.5. The third-order valence-electron chi connectivity index (χ3n) is 5.36. The van der Waals surface area contributed by atoms with Gasteiger partial charge < -0.3 is 20.1 Å². The van der Waals surface area contributed by atoms with Gasteiger partial charge in [0.25, 0.3) is 0 Å². The summed E-state index contributed by atoms with van der Waals surface area (Å²) in [5.41, 5.74) is 1.68. The zero-order valence-corrected chi connectivity index (χ0v) is 17.5. The predicted molar refractivity (Wildman–Crippen MR) is 117 cm³/mol. The van der Waals surface area contributed by atoms with Crippen LogP contribution in [0, 0.1) is 5.92 Å². The molecule has 0 unspecified atom stereocenters. The highest BCUT2D eigenvalue weighted by molar-refractivity contribution is 6.01. The molecule has 1 heterocycles. The summed E-state index contributed by atoms with van der Waals surface area (Å²) in [6.07, 6.45) is -0.177. The van der Waals surface area contributed by atoms with E-state index >= 15 is 0 Å². The summed E-state index contributed by atoms with van der Waals surface area (Å²) in [4.78, 5) is 40.5. The largest absolute Gasteiger partial charge is 0.481 e. The molecule has 0 aliphatic carbocycles. The average Bonchev–Trinajstić information content (AvgIpc) is 2.79. The Balaban J connectivity index is 1.55. The topological polar surface area (TPSA) is 99.2 Å². The van der Waals surface area contributed by atoms with Crippen LogP contribution in [0.25, 0.3) is 0 Å². The van der Waals surface area contributed by atoms with Gasteiger partial charge >= 0.3 is 11.9 Å². The summed E-state index contributed by atoms with van der Waals surface area (Å²) in [7, 11) is 1.26. The molecular formula is C23H27N3O5. The van der Waals surface area contributed by atoms with E-state index in [1.54, 1.807) is 24.3 Å². The van der Waals surface area contributed by atoms with E-state index in [9.17, 15) is 19.5 Å². The van der Waals surface area contributed by atoms with Crippen LogP contribution in [0.2, 0.25) is 0 Å². The lowest BCUT2D eigenvalue weighted by atomic mass is 10.0. The molecule has 1 amide bonds. The molecular weight excluding hydrogens is 398 g/mol. The first-order valence-electron chi connectivity index (χ1n) is 10.2. The third-order valence-corrected chi connectivity index (χ3v) is 5.36. The number of hydrogen-bond donors (Lipinski definition) is 2. The van der Waals surface area contributed by atoms with E-state index in [1.807, 2.05) is 18.2 Å². The molecule has 0 aromatic heterocycles. The number of benzene rings is 2. The van der Waals surface area contributed by atoms with Crippen molar-refractivity contribution >= 4 is 29.2 Å². The number of para-hydroxylation sites is 2. The Bertz CT molecular complexity index is 910. The molecule has 8 nitrogen and oxygen atoms in total. The molecule has 3 rings (SSSR count). The van der Waals surface area contributed by atoms with E-state index in [-0.39, 0.29) is 12.0 Å². The van der Waals surface area contributed by atoms with Crippen molar-refractivity contribution in [3.05, 3.63) is 60.2 Å². The molecule has 164 valence electrons. The Morgan fingerprint density at radius 1 is 1.00 bits per heavy atom. The minimum absolute atomic E-state index is 0.177. The molecule has 0 bridgehead atoms. The highest BCUT2D eigenvalue weighted by Crippen LogP contribution is 2.19. The standard InChI is InChI=1S/C23H27N3O5/c1-31-23(30)19-9-5-6-10-20(19)24-21(27)15-17(22(28)29)16-25-11-13-26(14-12-25)18-7-3-2-4-8-18/h2-10,17H,11-16H2,1H3,(H,24,27)(H,28,29)/t17-/m0/s1. The second-order valence-electron chi connectivity index (χ2n) is 7.45. The SMILES string of the molecule is COC(=O)c1ccccc1NC(=O)C[C@@H](CN1CCN(c2ccccc2)CC1)C(=O)O. The first-order valence-corrected chi connectivity index (χ1v) is 10.2. The van der Waals surface area contributed by atoms with Crippen LogP contribution in [-0.2, 0) is 14.3 Å². The molecule has 1 aliphatic heterocycles. The number of carbonyl (C=O) groups is 3. The van der Waals surface area contributed by atoms with Crippen LogP contribution in [0.15, 0.2) is 54.6 Å². The fourth-order valence-electron chi connectivity index (χ4n) is 3.67. The lowest BCUT2D eigenvalue weighted by Crippen LogP contribution is -2.48. The minimum Gasteiger partial charge on any atom is -0.481 e. The number of nitrogens with zero attached hydrogens (tertiary/aromatic N) is 2. The molecule has 0 spiro atoms. The molecule has 31 heavy (non-hydrogen) atoms. The monoisotopic (exact) mass is 425 g/mol. The second kappa shape index (κ2) is 10.6. The number of nitrogens with one attached hydrogen (secondary N) is 1. The molecule has 2 aromatic rings. The van der Waals surface area contributed by atoms with Crippen molar-refractivity contribution in [1.29, 1.82) is 0 Å². The van der Waals surface area contributed by atoms with Crippen molar-refractivity contribution in [3.63, 3.8) is 0 Å². The fraction of sp³-hybridized carbons (Fsp3) is 0.348. The Hall–Kier alpha value is -3.39. The van der Waals surface area contributed by atoms with Crippen molar-refractivity contribution in [2.24, 2.45) is 5.92 Å². The van der Waals surface area contributed by atoms with Gasteiger partial charge in [-0.25, -0.2) is 4.79 Å². The van der Waals surface area contributed by atoms with Gasteiger partial charge in [0.05, 0.1) is 24.3 Å². The van der Waals surface area contributed by atoms with Gasteiger partial charge in [-0.05, 0) is 24.3 Å². The zero-order chi connectivity index (χ0) is 22.2. The van der Waals surface area contributed by atoms with Gasteiger partial charge in [-0.1, -0.05) is 30.3 Å². The van der Waals surface area contributed by atoms with Crippen LogP contribution in [0.5, 0.6) is 0 Å². The van der Waals surface area contributed by atoms with Crippen LogP contribution < -0.4 is 10.2 Å². The van der Waals surface area contributed by atoms with E-state index in [2.05, 4.69) is 27.2 Å². The summed E-state index contributed by atoms with van der Waals surface area (Å²) in [5, 5.41) is 12.3. The molecule has 2 aromatic carbocycles. The van der Waals surface area contributed by atoms with Gasteiger partial charge in [0.15, 0.2) is 0 Å². The predicted octanol–water partition coefficient (Wildman–Crippen LogP) is 2.32. The summed E-state index contributed by atoms with van der Waals surface area (Å²) in [6, 6.07) is 16.6. The van der Waals surface area contributed by atoms with E-state index in [0.29, 0.717) is 12.2 Å². The van der Waals surface area contributed by atoms with Crippen LogP contribution >= 0.6 is 0 Å². The third kappa shape index (κ3) is 6.05. The molecule has 1 aliphatic rings. The summed E-state index contributed by atoms with van der Waals surface area (Å²) in [6.45, 7) is 3.35. The Kier molecular flexibility index (Phi) is 7.61. The van der Waals surface area contributed by atoms with Crippen molar-refractivity contribution in [2.45, 2.75) is 6.42 Å². The molecule has 2 N–H and O–H groups in total. The van der Waals surface area contributed by atoms with Crippen LogP contribution in [0.1, 0.15) is 16.8 Å². The van der Waals surface area contributed by atoms with E-state index in [0.717, 1.165) is 31.9 Å². The summed E-state index contributed by atoms with van der Waals surface area (Å²) < 4.78 is 4.72. The van der Waals surface area contributed by atoms with Gasteiger partial charge in [0, 0.05) is 44.8 Å². The van der Waals surface area contributed by atoms with E-state index in [4.69, 9.17) is 4.74 Å². The lowest BCUT2D eigenvalue weighted by molar-refractivity contribution is -0.144. The number of amides is 1. The average molecular weight is 425 g/mol. The first kappa shape index (κ1) is 22.3. The molecule has 8 heteroatoms. The zero-order valence-electron chi connectivity index (χ0n) is 17.5. The van der Waals surface area contributed by atoms with Crippen molar-refractivity contribution in [1.82, 2.24) is 4.90 Å². The second-order valence-corrected chi connectivity index (χ2v) is 7.45. The van der Waals surface area contributed by atoms with Gasteiger partial charge in [0.1, 0.15) is 0 Å². The number of methoxy groups -OCH3 is 1. The molecule has 0 radical (unpaired) electrons. The number of rotatable bonds is 8. The Morgan fingerprint density at radius 2 is 1.65 bits per heavy atom. The van der Waals surface area contributed by atoms with Crippen molar-refractivity contribution < 1.29 is 24.2 Å². The fourth-order valence-corrected chi connectivity index (χ4v) is 3.67. The molecule has 1 atom stereocenters. The minimum atomic E-state index is -1.01. The summed E-state index contributed by atoms with van der Waals surface area (Å²) >= 11 is 0. The number of anilines is 2. The van der Waals surface area contributed by atoms with Gasteiger partial charge in [-0.15, -0.1) is 0 Å². The van der Waals surface area contributed by atoms with Gasteiger partial charge in [-0.3, -0.25) is 14.5 Å². The molecule has 1 fully saturated rings. The highest BCUT2D eigenvalue weighted by Gasteiger charge is 2.27. The van der Waals surface area contributed by atoms with Gasteiger partial charge in [-0.2, -0.15) is 0 Å². The number of aliphatic carboxylic acids is 1. The Morgan fingerprint density at radius 3 is 2.29 bits per heavy atom. The number of carboxylic acids is 1. The summed E-state index contributed by atoms with van der Waals surface area (Å²) in [5.74, 6) is -2.87. The van der Waals surface area contributed by atoms with E-state index < -0.39 is 23.8 Å². The number of hydrogen-bond acceptors (Lipinski definition) is 6. The quantitative estimate of drug-likeness (QED) is 0.626. The van der Waals surface area contributed by atoms with Crippen molar-refractivity contribution in [2.75, 3.05) is 50.1 Å². The van der Waals surface area contributed by atoms with E-state index in [1.165, 1.54) is 7.11 Å². The number of piperazine rings is 1. The maximum atomic E-state index is 12.5. The Labute approximate surface area is 181 Å². The molecule has 0 saturated carbocycles. The lowest BCUT2D eigenvalue weighted by Gasteiger charge is -2.37. The number of carbonyl (C=O) groups excluding carboxylic acids is 2. The number of ether oxygens (including phenoxy) is 1. The number of carboxylic acid groups (broad SMARTS) is 1. The number of esters is 1. The van der Waals surface area contributed by atoms with Crippen molar-refractivity contribution in [3.8, 4) is 0 Å². The van der Waals surface area contributed by atoms with Crippen LogP contribution in [0.4, 0.5) is 11.4 Å². The normalized spacial score (nSPS) is 15.2. The smallest absolute Gasteiger partial charge is 0.339 e.